The summed E-state index contributed by atoms with van der Waals surface area (Å²) in [5.41, 5.74) is 1.25. The fourth-order valence-corrected chi connectivity index (χ4v) is 2.44. The summed E-state index contributed by atoms with van der Waals surface area (Å²) in [5.74, 6) is 0.589. The molecule has 2 bridgehead atoms. The molecule has 0 aromatic carbocycles. The van der Waals surface area contributed by atoms with E-state index in [1.54, 1.807) is 0 Å². The first-order chi connectivity index (χ1) is 5.93. The molecule has 0 spiro atoms. The van der Waals surface area contributed by atoms with Gasteiger partial charge < -0.3 is 4.74 Å². The van der Waals surface area contributed by atoms with Gasteiger partial charge in [-0.15, -0.1) is 0 Å². The molecule has 3 rings (SSSR count). The number of aromatic amines is 1. The fourth-order valence-electron chi connectivity index (χ4n) is 2.44. The summed E-state index contributed by atoms with van der Waals surface area (Å²) < 4.78 is 5.76. The number of nitrogens with zero attached hydrogens (tertiary/aromatic N) is 1. The van der Waals surface area contributed by atoms with Crippen molar-refractivity contribution in [1.82, 2.24) is 10.2 Å². The lowest BCUT2D eigenvalue weighted by Crippen LogP contribution is -2.14. The first-order valence-corrected chi connectivity index (χ1v) is 4.58. The maximum absolute atomic E-state index is 5.76. The minimum atomic E-state index is 0.468. The lowest BCUT2D eigenvalue weighted by molar-refractivity contribution is 0.100. The van der Waals surface area contributed by atoms with E-state index in [0.717, 1.165) is 0 Å². The normalized spacial score (nSPS) is 39.2. The maximum atomic E-state index is 5.76. The zero-order valence-corrected chi connectivity index (χ0v) is 6.86. The minimum Gasteiger partial charge on any atom is -0.374 e. The molecule has 1 aromatic rings. The molecule has 2 fully saturated rings. The Morgan fingerprint density at radius 2 is 2.50 bits per heavy atom. The smallest absolute Gasteiger partial charge is 0.0664 e. The number of ether oxygens (including phenoxy) is 1. The van der Waals surface area contributed by atoms with Crippen LogP contribution < -0.4 is 0 Å². The molecule has 3 atom stereocenters. The maximum Gasteiger partial charge on any atom is 0.0664 e. The van der Waals surface area contributed by atoms with Gasteiger partial charge in [-0.3, -0.25) is 5.10 Å². The van der Waals surface area contributed by atoms with E-state index >= 15 is 0 Å². The highest BCUT2D eigenvalue weighted by molar-refractivity contribution is 5.13. The molecule has 3 heteroatoms. The van der Waals surface area contributed by atoms with Gasteiger partial charge in [0.15, 0.2) is 0 Å². The fraction of sp³-hybridized carbons (Fsp3) is 0.667. The van der Waals surface area contributed by atoms with Crippen LogP contribution in [0.4, 0.5) is 0 Å². The van der Waals surface area contributed by atoms with Gasteiger partial charge >= 0.3 is 0 Å². The number of aromatic nitrogens is 2. The Bertz CT molecular complexity index is 270. The van der Waals surface area contributed by atoms with E-state index in [1.807, 2.05) is 6.20 Å². The highest BCUT2D eigenvalue weighted by Crippen LogP contribution is 2.43. The van der Waals surface area contributed by atoms with Gasteiger partial charge in [-0.2, -0.15) is 5.10 Å². The van der Waals surface area contributed by atoms with Gasteiger partial charge in [0.2, 0.25) is 0 Å². The number of H-pyrrole nitrogens is 1. The Labute approximate surface area is 71.1 Å². The molecule has 3 heterocycles. The van der Waals surface area contributed by atoms with Gasteiger partial charge in [0.05, 0.1) is 12.2 Å². The molecule has 64 valence electrons. The van der Waals surface area contributed by atoms with Crippen LogP contribution in [0, 0.1) is 0 Å². The van der Waals surface area contributed by atoms with Gasteiger partial charge in [-0.1, -0.05) is 0 Å². The van der Waals surface area contributed by atoms with Gasteiger partial charge in [0.1, 0.15) is 0 Å². The molecule has 12 heavy (non-hydrogen) atoms. The van der Waals surface area contributed by atoms with Crippen molar-refractivity contribution in [1.29, 1.82) is 0 Å². The Morgan fingerprint density at radius 3 is 3.08 bits per heavy atom. The van der Waals surface area contributed by atoms with Crippen LogP contribution in [0.3, 0.4) is 0 Å². The zero-order valence-electron chi connectivity index (χ0n) is 6.86. The molecular formula is C9H12N2O. The lowest BCUT2D eigenvalue weighted by Gasteiger charge is -2.16. The number of fused-ring (bicyclic) bond motifs is 2. The monoisotopic (exact) mass is 164 g/mol. The second-order valence-corrected chi connectivity index (χ2v) is 3.73. The number of rotatable bonds is 1. The number of nitrogens with one attached hydrogen (secondary N) is 1. The summed E-state index contributed by atoms with van der Waals surface area (Å²) in [4.78, 5) is 0. The second-order valence-electron chi connectivity index (χ2n) is 3.73. The third-order valence-electron chi connectivity index (χ3n) is 3.03. The highest BCUT2D eigenvalue weighted by atomic mass is 16.5. The second kappa shape index (κ2) is 2.33. The number of hydrogen-bond donors (Lipinski definition) is 1. The van der Waals surface area contributed by atoms with E-state index in [0.29, 0.717) is 18.1 Å². The molecule has 3 unspecified atom stereocenters. The van der Waals surface area contributed by atoms with E-state index in [9.17, 15) is 0 Å². The Morgan fingerprint density at radius 1 is 1.50 bits per heavy atom. The molecular weight excluding hydrogens is 152 g/mol. The van der Waals surface area contributed by atoms with Crippen molar-refractivity contribution in [2.75, 3.05) is 0 Å². The van der Waals surface area contributed by atoms with E-state index in [-0.39, 0.29) is 0 Å². The molecule has 3 nitrogen and oxygen atoms in total. The van der Waals surface area contributed by atoms with Gasteiger partial charge in [-0.05, 0) is 25.3 Å². The molecule has 2 aliphatic rings. The van der Waals surface area contributed by atoms with Crippen LogP contribution in [0.25, 0.3) is 0 Å². The molecule has 0 aliphatic carbocycles. The van der Waals surface area contributed by atoms with Crippen LogP contribution in [-0.2, 0) is 4.74 Å². The molecule has 1 aromatic heterocycles. The highest BCUT2D eigenvalue weighted by Gasteiger charge is 2.41. The minimum absolute atomic E-state index is 0.468. The molecule has 2 aliphatic heterocycles. The Hall–Kier alpha value is -0.830. The SMILES string of the molecule is c1cc(C2CC3CCC2O3)[nH]n1. The van der Waals surface area contributed by atoms with Crippen molar-refractivity contribution in [2.24, 2.45) is 0 Å². The van der Waals surface area contributed by atoms with Crippen LogP contribution in [0.15, 0.2) is 12.3 Å². The van der Waals surface area contributed by atoms with E-state index in [1.165, 1.54) is 25.0 Å². The molecule has 2 saturated heterocycles. The van der Waals surface area contributed by atoms with Crippen LogP contribution in [0.2, 0.25) is 0 Å². The average molecular weight is 164 g/mol. The Kier molecular flexibility index (Phi) is 1.29. The first-order valence-electron chi connectivity index (χ1n) is 4.58. The summed E-state index contributed by atoms with van der Waals surface area (Å²) in [5, 5.41) is 7.00. The van der Waals surface area contributed by atoms with Crippen molar-refractivity contribution in [3.05, 3.63) is 18.0 Å². The largest absolute Gasteiger partial charge is 0.374 e. The third-order valence-corrected chi connectivity index (χ3v) is 3.03. The average Bonchev–Trinajstić information content (AvgIpc) is 2.81. The molecule has 1 N–H and O–H groups in total. The predicted octanol–water partition coefficient (Wildman–Crippen LogP) is 1.44. The van der Waals surface area contributed by atoms with Gasteiger partial charge in [0.25, 0.3) is 0 Å². The summed E-state index contributed by atoms with van der Waals surface area (Å²) in [7, 11) is 0. The quantitative estimate of drug-likeness (QED) is 0.682. The summed E-state index contributed by atoms with van der Waals surface area (Å²) in [6, 6.07) is 2.06. The summed E-state index contributed by atoms with van der Waals surface area (Å²) >= 11 is 0. The van der Waals surface area contributed by atoms with E-state index in [4.69, 9.17) is 4.74 Å². The van der Waals surface area contributed by atoms with E-state index < -0.39 is 0 Å². The predicted molar refractivity (Wildman–Crippen MR) is 43.8 cm³/mol. The Balaban J connectivity index is 1.87. The first kappa shape index (κ1) is 6.66. The van der Waals surface area contributed by atoms with Crippen molar-refractivity contribution >= 4 is 0 Å². The van der Waals surface area contributed by atoms with Crippen molar-refractivity contribution in [3.63, 3.8) is 0 Å². The van der Waals surface area contributed by atoms with Crippen LogP contribution in [0.5, 0.6) is 0 Å². The van der Waals surface area contributed by atoms with Gasteiger partial charge in [0, 0.05) is 17.8 Å². The van der Waals surface area contributed by atoms with Crippen molar-refractivity contribution in [2.45, 2.75) is 37.4 Å². The van der Waals surface area contributed by atoms with Crippen molar-refractivity contribution in [3.8, 4) is 0 Å². The zero-order chi connectivity index (χ0) is 7.97. The topological polar surface area (TPSA) is 37.9 Å². The van der Waals surface area contributed by atoms with Crippen molar-refractivity contribution < 1.29 is 4.74 Å². The summed E-state index contributed by atoms with van der Waals surface area (Å²) in [6.45, 7) is 0. The third kappa shape index (κ3) is 0.829. The van der Waals surface area contributed by atoms with Crippen LogP contribution >= 0.6 is 0 Å². The summed E-state index contributed by atoms with van der Waals surface area (Å²) in [6.07, 6.45) is 6.50. The number of hydrogen-bond acceptors (Lipinski definition) is 2. The standard InChI is InChI=1S/C9H12N2O/c1-2-9-7(5-6(1)12-9)8-3-4-10-11-8/h3-4,6-7,9H,1-2,5H2,(H,10,11). The molecule has 0 radical (unpaired) electrons. The van der Waals surface area contributed by atoms with Crippen LogP contribution in [-0.4, -0.2) is 22.4 Å². The van der Waals surface area contributed by atoms with Gasteiger partial charge in [-0.25, -0.2) is 0 Å². The molecule has 0 saturated carbocycles. The van der Waals surface area contributed by atoms with Crippen LogP contribution in [0.1, 0.15) is 30.9 Å². The molecule has 0 amide bonds. The lowest BCUT2D eigenvalue weighted by atomic mass is 9.87. The van der Waals surface area contributed by atoms with E-state index in [2.05, 4.69) is 16.3 Å².